The SMILES string of the molecule is CCOc1cc2c(cc1NC(=O)c1cc(-c3ccco3)nc3onc(C)c13)OC(C)C2. The molecular weight excluding hydrogens is 398 g/mol. The van der Waals surface area contributed by atoms with Gasteiger partial charge in [-0.3, -0.25) is 4.79 Å². The van der Waals surface area contributed by atoms with Crippen molar-refractivity contribution in [3.63, 3.8) is 0 Å². The van der Waals surface area contributed by atoms with E-state index < -0.39 is 0 Å². The molecule has 1 aromatic carbocycles. The zero-order valence-corrected chi connectivity index (χ0v) is 17.4. The quantitative estimate of drug-likeness (QED) is 0.497. The van der Waals surface area contributed by atoms with Gasteiger partial charge in [-0.25, -0.2) is 4.98 Å². The molecule has 0 aliphatic carbocycles. The van der Waals surface area contributed by atoms with E-state index in [4.69, 9.17) is 18.4 Å². The highest BCUT2D eigenvalue weighted by atomic mass is 16.5. The molecule has 1 atom stereocenters. The van der Waals surface area contributed by atoms with Crippen LogP contribution in [0, 0.1) is 6.92 Å². The number of amides is 1. The van der Waals surface area contributed by atoms with Crippen molar-refractivity contribution < 1.29 is 23.2 Å². The average molecular weight is 419 g/mol. The fourth-order valence-electron chi connectivity index (χ4n) is 3.83. The van der Waals surface area contributed by atoms with Gasteiger partial charge in [-0.2, -0.15) is 0 Å². The molecule has 31 heavy (non-hydrogen) atoms. The fraction of sp³-hybridized carbons (Fsp3) is 0.261. The summed E-state index contributed by atoms with van der Waals surface area (Å²) in [6.45, 7) is 6.16. The van der Waals surface area contributed by atoms with Crippen LogP contribution in [0.2, 0.25) is 0 Å². The van der Waals surface area contributed by atoms with Crippen molar-refractivity contribution in [1.82, 2.24) is 10.1 Å². The summed E-state index contributed by atoms with van der Waals surface area (Å²) >= 11 is 0. The Labute approximate surface area is 178 Å². The molecule has 0 fully saturated rings. The maximum atomic E-state index is 13.4. The molecule has 4 heterocycles. The van der Waals surface area contributed by atoms with Crippen molar-refractivity contribution in [2.75, 3.05) is 11.9 Å². The van der Waals surface area contributed by atoms with E-state index in [2.05, 4.69) is 15.5 Å². The highest BCUT2D eigenvalue weighted by Crippen LogP contribution is 2.38. The van der Waals surface area contributed by atoms with Crippen LogP contribution in [-0.2, 0) is 6.42 Å². The Morgan fingerprint density at radius 1 is 1.32 bits per heavy atom. The third-order valence-electron chi connectivity index (χ3n) is 5.18. The largest absolute Gasteiger partial charge is 0.492 e. The minimum absolute atomic E-state index is 0.0887. The number of aromatic nitrogens is 2. The Kier molecular flexibility index (Phi) is 4.62. The van der Waals surface area contributed by atoms with Crippen molar-refractivity contribution in [3.05, 3.63) is 53.4 Å². The van der Waals surface area contributed by atoms with Crippen molar-refractivity contribution in [1.29, 1.82) is 0 Å². The number of nitrogens with zero attached hydrogens (tertiary/aromatic N) is 2. The summed E-state index contributed by atoms with van der Waals surface area (Å²) < 4.78 is 22.4. The molecule has 158 valence electrons. The maximum absolute atomic E-state index is 13.4. The molecular formula is C23H21N3O5. The highest BCUT2D eigenvalue weighted by molar-refractivity contribution is 6.13. The first-order chi connectivity index (χ1) is 15.0. The second kappa shape index (κ2) is 7.46. The van der Waals surface area contributed by atoms with Gasteiger partial charge in [0.15, 0.2) is 5.76 Å². The Hall–Kier alpha value is -3.81. The van der Waals surface area contributed by atoms with Gasteiger partial charge in [0, 0.05) is 18.1 Å². The van der Waals surface area contributed by atoms with Gasteiger partial charge in [-0.15, -0.1) is 0 Å². The summed E-state index contributed by atoms with van der Waals surface area (Å²) in [5.41, 5.74) is 3.32. The van der Waals surface area contributed by atoms with Crippen LogP contribution >= 0.6 is 0 Å². The number of nitrogens with one attached hydrogen (secondary N) is 1. The number of carbonyl (C=O) groups is 1. The summed E-state index contributed by atoms with van der Waals surface area (Å²) in [6.07, 6.45) is 2.44. The van der Waals surface area contributed by atoms with Gasteiger partial charge in [-0.05, 0) is 45.0 Å². The molecule has 5 rings (SSSR count). The number of fused-ring (bicyclic) bond motifs is 2. The molecule has 1 aliphatic heterocycles. The Bertz CT molecular complexity index is 1280. The van der Waals surface area contributed by atoms with Gasteiger partial charge in [-0.1, -0.05) is 5.16 Å². The third-order valence-corrected chi connectivity index (χ3v) is 5.18. The monoisotopic (exact) mass is 419 g/mol. The fourth-order valence-corrected chi connectivity index (χ4v) is 3.83. The first-order valence-electron chi connectivity index (χ1n) is 10.1. The lowest BCUT2D eigenvalue weighted by Gasteiger charge is -2.14. The molecule has 0 radical (unpaired) electrons. The number of hydrogen-bond donors (Lipinski definition) is 1. The summed E-state index contributed by atoms with van der Waals surface area (Å²) in [5, 5.41) is 7.50. The number of anilines is 1. The molecule has 1 aliphatic rings. The van der Waals surface area contributed by atoms with Gasteiger partial charge in [0.05, 0.1) is 35.2 Å². The summed E-state index contributed by atoms with van der Waals surface area (Å²) in [4.78, 5) is 17.8. The number of pyridine rings is 1. The van der Waals surface area contributed by atoms with Gasteiger partial charge in [0.25, 0.3) is 11.6 Å². The average Bonchev–Trinajstić information content (AvgIpc) is 3.48. The Morgan fingerprint density at radius 2 is 2.19 bits per heavy atom. The molecule has 8 heteroatoms. The molecule has 1 N–H and O–H groups in total. The lowest BCUT2D eigenvalue weighted by atomic mass is 10.1. The zero-order valence-electron chi connectivity index (χ0n) is 17.4. The molecule has 0 saturated heterocycles. The number of rotatable bonds is 5. The molecule has 3 aromatic heterocycles. The predicted octanol–water partition coefficient (Wildman–Crippen LogP) is 4.77. The van der Waals surface area contributed by atoms with E-state index in [1.165, 1.54) is 0 Å². The summed E-state index contributed by atoms with van der Waals surface area (Å²) in [5.74, 6) is 1.55. The van der Waals surface area contributed by atoms with Crippen LogP contribution in [0.25, 0.3) is 22.6 Å². The predicted molar refractivity (Wildman–Crippen MR) is 114 cm³/mol. The Balaban J connectivity index is 1.57. The summed E-state index contributed by atoms with van der Waals surface area (Å²) in [6, 6.07) is 8.94. The molecule has 0 saturated carbocycles. The second-order valence-electron chi connectivity index (χ2n) is 7.46. The van der Waals surface area contributed by atoms with Crippen LogP contribution in [0.5, 0.6) is 11.5 Å². The lowest BCUT2D eigenvalue weighted by Crippen LogP contribution is -2.14. The van der Waals surface area contributed by atoms with Crippen molar-refractivity contribution in [2.24, 2.45) is 0 Å². The number of hydrogen-bond acceptors (Lipinski definition) is 7. The summed E-state index contributed by atoms with van der Waals surface area (Å²) in [7, 11) is 0. The number of ether oxygens (including phenoxy) is 2. The van der Waals surface area contributed by atoms with E-state index in [0.717, 1.165) is 17.7 Å². The van der Waals surface area contributed by atoms with Crippen LogP contribution in [0.1, 0.15) is 35.5 Å². The van der Waals surface area contributed by atoms with Gasteiger partial charge in [0.2, 0.25) is 0 Å². The number of carbonyl (C=O) groups excluding carboxylic acids is 1. The molecule has 0 spiro atoms. The van der Waals surface area contributed by atoms with E-state index in [9.17, 15) is 4.79 Å². The van der Waals surface area contributed by atoms with Gasteiger partial charge < -0.3 is 23.7 Å². The highest BCUT2D eigenvalue weighted by Gasteiger charge is 2.25. The van der Waals surface area contributed by atoms with Crippen molar-refractivity contribution >= 4 is 22.7 Å². The van der Waals surface area contributed by atoms with E-state index in [1.54, 1.807) is 31.4 Å². The lowest BCUT2D eigenvalue weighted by molar-refractivity contribution is 0.102. The van der Waals surface area contributed by atoms with Gasteiger partial charge in [0.1, 0.15) is 23.3 Å². The topological polar surface area (TPSA) is 99.6 Å². The number of furan rings is 1. The van der Waals surface area contributed by atoms with E-state index in [1.807, 2.05) is 26.0 Å². The van der Waals surface area contributed by atoms with Crippen LogP contribution in [0.3, 0.4) is 0 Å². The standard InChI is InChI=1S/C23H21N3O5/c1-4-28-20-9-14-8-12(2)30-19(14)11-17(20)24-22(27)15-10-16(18-6-5-7-29-18)25-23-21(15)13(3)26-31-23/h5-7,9-12H,4,8H2,1-3H3,(H,24,27). The minimum Gasteiger partial charge on any atom is -0.492 e. The number of benzene rings is 1. The molecule has 4 aromatic rings. The molecule has 1 amide bonds. The zero-order chi connectivity index (χ0) is 21.5. The van der Waals surface area contributed by atoms with Crippen LogP contribution in [0.15, 0.2) is 45.5 Å². The number of aryl methyl sites for hydroxylation is 1. The normalized spacial score (nSPS) is 15.0. The second-order valence-corrected chi connectivity index (χ2v) is 7.46. The van der Waals surface area contributed by atoms with Crippen LogP contribution in [-0.4, -0.2) is 28.8 Å². The first-order valence-corrected chi connectivity index (χ1v) is 10.1. The third kappa shape index (κ3) is 3.39. The molecule has 0 bridgehead atoms. The van der Waals surface area contributed by atoms with Crippen molar-refractivity contribution in [3.8, 4) is 23.0 Å². The Morgan fingerprint density at radius 3 is 2.97 bits per heavy atom. The van der Waals surface area contributed by atoms with Crippen molar-refractivity contribution in [2.45, 2.75) is 33.3 Å². The minimum atomic E-state index is -0.335. The van der Waals surface area contributed by atoms with E-state index in [-0.39, 0.29) is 17.7 Å². The van der Waals surface area contributed by atoms with Crippen LogP contribution in [0.4, 0.5) is 5.69 Å². The smallest absolute Gasteiger partial charge is 0.259 e. The maximum Gasteiger partial charge on any atom is 0.259 e. The van der Waals surface area contributed by atoms with Crippen LogP contribution < -0.4 is 14.8 Å². The van der Waals surface area contributed by atoms with Gasteiger partial charge >= 0.3 is 0 Å². The van der Waals surface area contributed by atoms with E-state index in [0.29, 0.717) is 46.1 Å². The first kappa shape index (κ1) is 19.2. The molecule has 1 unspecified atom stereocenters. The van der Waals surface area contributed by atoms with E-state index >= 15 is 0 Å². The molecule has 8 nitrogen and oxygen atoms in total.